The highest BCUT2D eigenvalue weighted by molar-refractivity contribution is 9.11. The summed E-state index contributed by atoms with van der Waals surface area (Å²) in [5.41, 5.74) is 0. The van der Waals surface area contributed by atoms with Crippen LogP contribution in [0.2, 0.25) is 0 Å². The average molecular weight is 449 g/mol. The summed E-state index contributed by atoms with van der Waals surface area (Å²) in [6.07, 6.45) is 10.8. The highest BCUT2D eigenvalue weighted by atomic mass is 79.9. The molecule has 0 aromatic carbocycles. The molecule has 0 aliphatic carbocycles. The van der Waals surface area contributed by atoms with Gasteiger partial charge in [-0.3, -0.25) is 0 Å². The third-order valence-electron chi connectivity index (χ3n) is 2.42. The molecule has 0 aliphatic rings. The summed E-state index contributed by atoms with van der Waals surface area (Å²) in [6, 6.07) is 0. The van der Waals surface area contributed by atoms with Crippen molar-refractivity contribution in [3.8, 4) is 0 Å². The van der Waals surface area contributed by atoms with Crippen molar-refractivity contribution < 1.29 is 0 Å². The minimum Gasteiger partial charge on any atom is -0.424 e. The zero-order valence-electron chi connectivity index (χ0n) is 9.36. The molecule has 0 fully saturated rings. The van der Waals surface area contributed by atoms with Crippen LogP contribution in [-0.4, -0.2) is 36.2 Å². The Kier molecular flexibility index (Phi) is 3.63. The molecule has 0 saturated heterocycles. The van der Waals surface area contributed by atoms with Crippen molar-refractivity contribution in [3.05, 3.63) is 50.6 Å². The van der Waals surface area contributed by atoms with Crippen molar-refractivity contribution >= 4 is 54.9 Å². The molecule has 3 aromatic rings. The molecular weight excluding hydrogens is 443 g/mol. The quantitative estimate of drug-likeness (QED) is 0.579. The molecule has 0 amide bonds. The Balaban J connectivity index is 2.10. The van der Waals surface area contributed by atoms with Gasteiger partial charge in [0.2, 0.25) is 0 Å². The van der Waals surface area contributed by atoms with Crippen LogP contribution in [0.3, 0.4) is 0 Å². The van der Waals surface area contributed by atoms with Gasteiger partial charge in [0, 0.05) is 0 Å². The van der Waals surface area contributed by atoms with E-state index in [4.69, 9.17) is 0 Å². The van der Waals surface area contributed by atoms with Crippen LogP contribution in [0, 0.1) is 0 Å². The monoisotopic (exact) mass is 446 g/mol. The molecule has 10 heteroatoms. The first-order chi connectivity index (χ1) is 9.13. The Morgan fingerprint density at radius 2 is 1.00 bits per heavy atom. The first kappa shape index (κ1) is 13.1. The van der Waals surface area contributed by atoms with Crippen molar-refractivity contribution in [2.75, 3.05) is 0 Å². The number of halogens is 3. The van der Waals surface area contributed by atoms with E-state index in [0.29, 0.717) is 0 Å². The van der Waals surface area contributed by atoms with Crippen LogP contribution in [0.4, 0.5) is 0 Å². The molecule has 3 heterocycles. The second-order valence-corrected chi connectivity index (χ2v) is 6.51. The van der Waals surface area contributed by atoms with Gasteiger partial charge in [-0.1, -0.05) is 0 Å². The van der Waals surface area contributed by atoms with Crippen LogP contribution in [0.25, 0.3) is 0 Å². The van der Waals surface area contributed by atoms with Crippen LogP contribution in [0.5, 0.6) is 0 Å². The van der Waals surface area contributed by atoms with Crippen molar-refractivity contribution in [2.24, 2.45) is 0 Å². The van der Waals surface area contributed by atoms with Gasteiger partial charge in [0.15, 0.2) is 0 Å². The van der Waals surface area contributed by atoms with Crippen LogP contribution in [0.1, 0.15) is 0 Å². The van der Waals surface area contributed by atoms with Gasteiger partial charge in [-0.25, -0.2) is 15.3 Å². The summed E-state index contributed by atoms with van der Waals surface area (Å²) in [5.74, 6) is 0. The molecule has 0 saturated carbocycles. The minimum atomic E-state index is -0.302. The summed E-state index contributed by atoms with van der Waals surface area (Å²) in [4.78, 5) is 0. The smallest absolute Gasteiger partial charge is 0.260 e. The molecule has 3 rings (SSSR count). The Bertz CT molecular complexity index is 609. The van der Waals surface area contributed by atoms with Crippen LogP contribution in [0.15, 0.2) is 50.6 Å². The maximum absolute atomic E-state index is 4.30. The van der Waals surface area contributed by atoms with Gasteiger partial charge in [-0.15, -0.1) is 0 Å². The molecule has 0 spiro atoms. The fourth-order valence-corrected chi connectivity index (χ4v) is 2.59. The van der Waals surface area contributed by atoms with Crippen molar-refractivity contribution in [2.45, 2.75) is 0 Å². The predicted octanol–water partition coefficient (Wildman–Crippen LogP) is 2.49. The van der Waals surface area contributed by atoms with Gasteiger partial charge in [0.1, 0.15) is 0 Å². The molecule has 19 heavy (non-hydrogen) atoms. The molecule has 1 radical (unpaired) electrons. The second kappa shape index (κ2) is 5.26. The van der Waals surface area contributed by atoms with E-state index in [-0.39, 0.29) is 7.12 Å². The zero-order chi connectivity index (χ0) is 13.4. The Morgan fingerprint density at radius 1 is 0.684 bits per heavy atom. The van der Waals surface area contributed by atoms with Gasteiger partial charge in [0.05, 0.1) is 32.0 Å². The van der Waals surface area contributed by atoms with Crippen LogP contribution >= 0.6 is 47.8 Å². The minimum absolute atomic E-state index is 0.302. The maximum Gasteiger partial charge on any atom is 0.260 e. The maximum atomic E-state index is 4.30. The normalized spacial score (nSPS) is 11.4. The van der Waals surface area contributed by atoms with E-state index in [1.165, 1.54) is 0 Å². The highest BCUT2D eigenvalue weighted by Crippen LogP contribution is 2.13. The predicted molar refractivity (Wildman–Crippen MR) is 81.7 cm³/mol. The first-order valence-corrected chi connectivity index (χ1v) is 7.60. The van der Waals surface area contributed by atoms with E-state index >= 15 is 0 Å². The largest absolute Gasteiger partial charge is 0.424 e. The van der Waals surface area contributed by atoms with E-state index in [1.807, 2.05) is 18.6 Å². The molecule has 6 nitrogen and oxygen atoms in total. The first-order valence-electron chi connectivity index (χ1n) is 5.22. The highest BCUT2D eigenvalue weighted by Gasteiger charge is 2.11. The molecule has 97 valence electrons. The van der Waals surface area contributed by atoms with Crippen molar-refractivity contribution in [1.29, 1.82) is 0 Å². The summed E-state index contributed by atoms with van der Waals surface area (Å²) >= 11 is 10.2. The topological polar surface area (TPSA) is 53.5 Å². The SMILES string of the molecule is Brc1cnn([B-](n2cc(Br)cn2)n2cc(Br)cn2)c1. The standard InChI is InChI=1S/C9H6BBr3N6/c11-7-1-14-17(4-7)10(18-5-8(12)2-15-18)19-6-9(13)3-16-19/h1-6H/q-1. The van der Waals surface area contributed by atoms with Gasteiger partial charge < -0.3 is 13.8 Å². The third kappa shape index (κ3) is 2.70. The number of rotatable bonds is 3. The molecule has 0 unspecified atom stereocenters. The number of nitrogens with zero attached hydrogens (tertiary/aromatic N) is 6. The summed E-state index contributed by atoms with van der Waals surface area (Å²) < 4.78 is 7.99. The molecule has 0 N–H and O–H groups in total. The number of hydrogen-bond acceptors (Lipinski definition) is 3. The van der Waals surface area contributed by atoms with E-state index < -0.39 is 0 Å². The van der Waals surface area contributed by atoms with E-state index in [1.54, 1.807) is 32.4 Å². The van der Waals surface area contributed by atoms with Gasteiger partial charge in [-0.05, 0) is 66.4 Å². The lowest BCUT2D eigenvalue weighted by atomic mass is 9.96. The molecule has 0 atom stereocenters. The van der Waals surface area contributed by atoms with Crippen molar-refractivity contribution in [3.63, 3.8) is 0 Å². The van der Waals surface area contributed by atoms with Gasteiger partial charge in [0.25, 0.3) is 7.12 Å². The van der Waals surface area contributed by atoms with Gasteiger partial charge in [-0.2, -0.15) is 0 Å². The van der Waals surface area contributed by atoms with E-state index in [0.717, 1.165) is 13.4 Å². The molecule has 0 aliphatic heterocycles. The summed E-state index contributed by atoms with van der Waals surface area (Å²) in [7, 11) is -0.302. The Labute approximate surface area is 134 Å². The Hall–Kier alpha value is -0.865. The lowest BCUT2D eigenvalue weighted by Crippen LogP contribution is -2.42. The van der Waals surface area contributed by atoms with Gasteiger partial charge >= 0.3 is 0 Å². The fraction of sp³-hybridized carbons (Fsp3) is 0. The molecule has 3 aromatic heterocycles. The Morgan fingerprint density at radius 3 is 1.21 bits per heavy atom. The zero-order valence-corrected chi connectivity index (χ0v) is 14.1. The van der Waals surface area contributed by atoms with Crippen LogP contribution < -0.4 is 0 Å². The summed E-state index contributed by atoms with van der Waals surface area (Å²) in [5, 5.41) is 12.9. The molecular formula is C9H6BBr3N6-. The fourth-order valence-electron chi connectivity index (χ4n) is 1.69. The van der Waals surface area contributed by atoms with Crippen LogP contribution in [-0.2, 0) is 0 Å². The number of hydrogen-bond donors (Lipinski definition) is 0. The van der Waals surface area contributed by atoms with E-state index in [2.05, 4.69) is 63.1 Å². The third-order valence-corrected chi connectivity index (χ3v) is 3.65. The van der Waals surface area contributed by atoms with E-state index in [9.17, 15) is 0 Å². The molecule has 0 bridgehead atoms. The lowest BCUT2D eigenvalue weighted by Gasteiger charge is -2.29. The lowest BCUT2D eigenvalue weighted by molar-refractivity contribution is 0.771. The average Bonchev–Trinajstić information content (AvgIpc) is 3.05. The summed E-state index contributed by atoms with van der Waals surface area (Å²) in [6.45, 7) is 0. The van der Waals surface area contributed by atoms with Crippen molar-refractivity contribution in [1.82, 2.24) is 29.1 Å². The number of aromatic nitrogens is 6. The second-order valence-electron chi connectivity index (χ2n) is 3.76.